The van der Waals surface area contributed by atoms with Gasteiger partial charge >= 0.3 is 0 Å². The number of hydrogen-bond acceptors (Lipinski definition) is 2. The van der Waals surface area contributed by atoms with Gasteiger partial charge in [0.25, 0.3) is 0 Å². The van der Waals surface area contributed by atoms with Crippen molar-refractivity contribution < 1.29 is 0 Å². The SMILES string of the molecule is CC(C)Cc1c2nc(cc3ccc(cc4ccc(cc5nc1C=C5)[nH]4)[nH]3)C=C2. The second-order valence-electron chi connectivity index (χ2n) is 7.76. The van der Waals surface area contributed by atoms with E-state index >= 15 is 0 Å². The summed E-state index contributed by atoms with van der Waals surface area (Å²) in [6, 6.07) is 14.6. The Bertz CT molecular complexity index is 1180. The lowest BCUT2D eigenvalue weighted by Crippen LogP contribution is -2.00. The monoisotopic (exact) mass is 366 g/mol. The summed E-state index contributed by atoms with van der Waals surface area (Å²) in [6.07, 6.45) is 9.30. The summed E-state index contributed by atoms with van der Waals surface area (Å²) in [5, 5.41) is 0. The van der Waals surface area contributed by atoms with E-state index in [-0.39, 0.29) is 0 Å². The summed E-state index contributed by atoms with van der Waals surface area (Å²) in [5.74, 6) is 0.529. The third-order valence-corrected chi connectivity index (χ3v) is 4.93. The van der Waals surface area contributed by atoms with Gasteiger partial charge in [0.1, 0.15) is 0 Å². The molecule has 2 N–H and O–H groups in total. The molecule has 8 bridgehead atoms. The van der Waals surface area contributed by atoms with Crippen molar-refractivity contribution >= 4 is 46.4 Å². The summed E-state index contributed by atoms with van der Waals surface area (Å²) in [5.41, 5.74) is 9.33. The van der Waals surface area contributed by atoms with E-state index in [4.69, 9.17) is 9.97 Å². The minimum Gasteiger partial charge on any atom is -0.355 e. The van der Waals surface area contributed by atoms with Gasteiger partial charge in [-0.05, 0) is 79.1 Å². The van der Waals surface area contributed by atoms with E-state index in [1.807, 2.05) is 0 Å². The van der Waals surface area contributed by atoms with E-state index in [0.717, 1.165) is 51.3 Å². The van der Waals surface area contributed by atoms with Gasteiger partial charge in [-0.25, -0.2) is 9.97 Å². The predicted molar refractivity (Wildman–Crippen MR) is 117 cm³/mol. The molecule has 3 aromatic heterocycles. The Labute approximate surface area is 163 Å². The second kappa shape index (κ2) is 6.64. The zero-order valence-electron chi connectivity index (χ0n) is 16.0. The fraction of sp³-hybridized carbons (Fsp3) is 0.167. The maximum absolute atomic E-state index is 4.87. The predicted octanol–water partition coefficient (Wildman–Crippen LogP) is 5.85. The highest BCUT2D eigenvalue weighted by molar-refractivity contribution is 5.79. The van der Waals surface area contributed by atoms with Crippen molar-refractivity contribution in [3.05, 3.63) is 70.8 Å². The molecular formula is C24H22N4. The first kappa shape index (κ1) is 16.8. The first-order chi connectivity index (χ1) is 13.6. The molecule has 5 heterocycles. The van der Waals surface area contributed by atoms with E-state index in [9.17, 15) is 0 Å². The third kappa shape index (κ3) is 3.29. The Balaban J connectivity index is 1.85. The summed E-state index contributed by atoms with van der Waals surface area (Å²) in [4.78, 5) is 16.6. The molecule has 0 fully saturated rings. The van der Waals surface area contributed by atoms with Crippen LogP contribution in [0.4, 0.5) is 0 Å². The van der Waals surface area contributed by atoms with Crippen LogP contribution in [0.2, 0.25) is 0 Å². The van der Waals surface area contributed by atoms with Crippen LogP contribution in [0.3, 0.4) is 0 Å². The minimum atomic E-state index is 0.529. The molecule has 0 radical (unpaired) electrons. The van der Waals surface area contributed by atoms with Crippen molar-refractivity contribution in [3.63, 3.8) is 0 Å². The molecule has 0 saturated heterocycles. The highest BCUT2D eigenvalue weighted by Gasteiger charge is 2.13. The number of hydrogen-bond donors (Lipinski definition) is 2. The fourth-order valence-corrected chi connectivity index (χ4v) is 3.68. The molecule has 28 heavy (non-hydrogen) atoms. The number of aromatic nitrogens is 4. The van der Waals surface area contributed by atoms with Crippen molar-refractivity contribution in [2.75, 3.05) is 0 Å². The van der Waals surface area contributed by atoms with Crippen molar-refractivity contribution in [2.45, 2.75) is 20.3 Å². The topological polar surface area (TPSA) is 57.4 Å². The molecule has 0 amide bonds. The molecule has 0 atom stereocenters. The number of nitrogens with zero attached hydrogens (tertiary/aromatic N) is 2. The van der Waals surface area contributed by atoms with Gasteiger partial charge in [-0.1, -0.05) is 13.8 Å². The van der Waals surface area contributed by atoms with Crippen LogP contribution in [-0.4, -0.2) is 19.9 Å². The van der Waals surface area contributed by atoms with Crippen molar-refractivity contribution in [3.8, 4) is 0 Å². The van der Waals surface area contributed by atoms with E-state index < -0.39 is 0 Å². The van der Waals surface area contributed by atoms with E-state index in [1.54, 1.807) is 0 Å². The molecule has 4 heteroatoms. The smallest absolute Gasteiger partial charge is 0.0691 e. The first-order valence-corrected chi connectivity index (χ1v) is 9.69. The van der Waals surface area contributed by atoms with E-state index in [2.05, 4.69) is 90.6 Å². The summed E-state index contributed by atoms with van der Waals surface area (Å²) < 4.78 is 0. The Morgan fingerprint density at radius 3 is 1.61 bits per heavy atom. The molecular weight excluding hydrogens is 344 g/mol. The first-order valence-electron chi connectivity index (χ1n) is 9.69. The second-order valence-corrected chi connectivity index (χ2v) is 7.76. The quantitative estimate of drug-likeness (QED) is 0.411. The summed E-state index contributed by atoms with van der Waals surface area (Å²) in [6.45, 7) is 4.46. The maximum atomic E-state index is 4.87. The van der Waals surface area contributed by atoms with Gasteiger partial charge < -0.3 is 9.97 Å². The van der Waals surface area contributed by atoms with Crippen LogP contribution >= 0.6 is 0 Å². The Hall–Kier alpha value is -3.40. The molecule has 2 aliphatic heterocycles. The lowest BCUT2D eigenvalue weighted by Gasteiger charge is -2.07. The Morgan fingerprint density at radius 1 is 0.679 bits per heavy atom. The molecule has 4 nitrogen and oxygen atoms in total. The van der Waals surface area contributed by atoms with Crippen LogP contribution in [0, 0.1) is 5.92 Å². The molecule has 0 aromatic carbocycles. The lowest BCUT2D eigenvalue weighted by atomic mass is 10.00. The van der Waals surface area contributed by atoms with Crippen molar-refractivity contribution in [1.82, 2.24) is 19.9 Å². The zero-order chi connectivity index (χ0) is 19.1. The normalized spacial score (nSPS) is 12.8. The van der Waals surface area contributed by atoms with Crippen LogP contribution in [0.15, 0.2) is 42.5 Å². The zero-order valence-corrected chi connectivity index (χ0v) is 16.0. The van der Waals surface area contributed by atoms with Crippen LogP contribution in [0.1, 0.15) is 42.2 Å². The van der Waals surface area contributed by atoms with E-state index in [0.29, 0.717) is 5.92 Å². The van der Waals surface area contributed by atoms with Crippen LogP contribution in [0.5, 0.6) is 0 Å². The number of H-pyrrole nitrogens is 2. The minimum absolute atomic E-state index is 0.529. The molecule has 0 unspecified atom stereocenters. The largest absolute Gasteiger partial charge is 0.355 e. The maximum Gasteiger partial charge on any atom is 0.0691 e. The molecule has 2 aliphatic rings. The Morgan fingerprint density at radius 2 is 1.14 bits per heavy atom. The van der Waals surface area contributed by atoms with Crippen molar-refractivity contribution in [2.24, 2.45) is 5.92 Å². The van der Waals surface area contributed by atoms with Crippen LogP contribution in [-0.2, 0) is 6.42 Å². The van der Waals surface area contributed by atoms with Gasteiger partial charge in [-0.3, -0.25) is 0 Å². The highest BCUT2D eigenvalue weighted by atomic mass is 14.8. The summed E-state index contributed by atoms with van der Waals surface area (Å²) >= 11 is 0. The number of aromatic amines is 2. The van der Waals surface area contributed by atoms with Gasteiger partial charge in [0.2, 0.25) is 0 Å². The van der Waals surface area contributed by atoms with E-state index in [1.165, 1.54) is 5.56 Å². The van der Waals surface area contributed by atoms with Gasteiger partial charge in [0.05, 0.1) is 22.8 Å². The molecule has 0 aliphatic carbocycles. The lowest BCUT2D eigenvalue weighted by molar-refractivity contribution is 0.643. The molecule has 0 spiro atoms. The average Bonchev–Trinajstić information content (AvgIpc) is 3.43. The molecule has 5 rings (SSSR count). The Kier molecular flexibility index (Phi) is 3.97. The third-order valence-electron chi connectivity index (χ3n) is 4.93. The standard InChI is InChI=1S/C24H22N4/c1-15(2)11-22-23-9-7-20(27-23)13-18-5-3-16(25-18)12-17-4-6-19(26-17)14-21-8-10-24(22)28-21/h3-10,12-15,25-26H,11H2,1-2H3. The van der Waals surface area contributed by atoms with Gasteiger partial charge in [0, 0.05) is 27.6 Å². The van der Waals surface area contributed by atoms with Crippen molar-refractivity contribution in [1.29, 1.82) is 0 Å². The van der Waals surface area contributed by atoms with Crippen LogP contribution in [0.25, 0.3) is 46.4 Å². The van der Waals surface area contributed by atoms with Crippen LogP contribution < -0.4 is 0 Å². The molecule has 0 saturated carbocycles. The fourth-order valence-electron chi connectivity index (χ4n) is 3.68. The van der Waals surface area contributed by atoms with Gasteiger partial charge in [-0.15, -0.1) is 0 Å². The van der Waals surface area contributed by atoms with Gasteiger partial charge in [0.15, 0.2) is 0 Å². The number of fused-ring (bicyclic) bond motifs is 8. The number of rotatable bonds is 2. The van der Waals surface area contributed by atoms with Gasteiger partial charge in [-0.2, -0.15) is 0 Å². The molecule has 138 valence electrons. The highest BCUT2D eigenvalue weighted by Crippen LogP contribution is 2.24. The molecule has 3 aromatic rings. The average molecular weight is 366 g/mol. The summed E-state index contributed by atoms with van der Waals surface area (Å²) in [7, 11) is 0. The number of nitrogens with one attached hydrogen (secondary N) is 2.